The minimum absolute atomic E-state index is 0.121. The van der Waals surface area contributed by atoms with Gasteiger partial charge in [0.05, 0.1) is 11.9 Å². The molecule has 6 heteroatoms. The third kappa shape index (κ3) is 9.87. The minimum atomic E-state index is -0.472. The van der Waals surface area contributed by atoms with Gasteiger partial charge in [-0.3, -0.25) is 0 Å². The molecule has 3 aromatic carbocycles. The zero-order valence-corrected chi connectivity index (χ0v) is 20.1. The first-order valence-corrected chi connectivity index (χ1v) is 11.5. The zero-order chi connectivity index (χ0) is 24.8. The van der Waals surface area contributed by atoms with Crippen LogP contribution in [0.25, 0.3) is 0 Å². The number of benzene rings is 3. The van der Waals surface area contributed by atoms with Crippen LogP contribution in [-0.4, -0.2) is 29.0 Å². The minimum Gasteiger partial charge on any atom is -0.513 e. The Morgan fingerprint density at radius 1 is 0.912 bits per heavy atom. The molecule has 0 amide bonds. The molecule has 1 unspecified atom stereocenters. The van der Waals surface area contributed by atoms with Gasteiger partial charge >= 0.3 is 0 Å². The van der Waals surface area contributed by atoms with Gasteiger partial charge in [0.25, 0.3) is 0 Å². The predicted octanol–water partition coefficient (Wildman–Crippen LogP) is 4.38. The second-order valence-electron chi connectivity index (χ2n) is 8.24. The van der Waals surface area contributed by atoms with Crippen LogP contribution in [0.1, 0.15) is 46.4 Å². The van der Waals surface area contributed by atoms with Crippen molar-refractivity contribution < 1.29 is 15.4 Å². The third-order valence-corrected chi connectivity index (χ3v) is 5.40. The van der Waals surface area contributed by atoms with E-state index in [0.29, 0.717) is 13.0 Å². The van der Waals surface area contributed by atoms with Gasteiger partial charge in [-0.2, -0.15) is 0 Å². The fraction of sp³-hybridized carbons (Fsp3) is 0.286. The number of hydrazine groups is 1. The lowest BCUT2D eigenvalue weighted by molar-refractivity contribution is 0.118. The molecule has 0 aliphatic carbocycles. The van der Waals surface area contributed by atoms with Crippen LogP contribution in [0.4, 0.5) is 0 Å². The maximum absolute atomic E-state index is 9.58. The molecule has 3 aromatic rings. The van der Waals surface area contributed by atoms with Crippen LogP contribution in [-0.2, 0) is 25.8 Å². The summed E-state index contributed by atoms with van der Waals surface area (Å²) < 4.78 is 0. The maximum atomic E-state index is 9.58. The van der Waals surface area contributed by atoms with Crippen molar-refractivity contribution in [3.05, 3.63) is 119 Å². The number of aliphatic hydroxyl groups excluding tert-OH is 2. The van der Waals surface area contributed by atoms with Crippen LogP contribution in [0.3, 0.4) is 0 Å². The Morgan fingerprint density at radius 2 is 1.59 bits per heavy atom. The quantitative estimate of drug-likeness (QED) is 0.187. The standard InChI is InChI=1S/C19H24N2O3.C9H13N/c1-13(22)9-16-5-8-18(19(11-16)12-20-21-24)10-15-3-6-17(7-4-15)14(2)23;1-10-8-7-9-5-3-2-4-6-9/h3-8,11,14,20-24H,1,9-10,12H2,2H3;2-6,10H,7-8H2,1H3. The Balaban J connectivity index is 0.000000340. The summed E-state index contributed by atoms with van der Waals surface area (Å²) in [7, 11) is 1.98. The van der Waals surface area contributed by atoms with Gasteiger partial charge < -0.3 is 20.7 Å². The van der Waals surface area contributed by atoms with Crippen LogP contribution >= 0.6 is 0 Å². The van der Waals surface area contributed by atoms with E-state index in [-0.39, 0.29) is 5.76 Å². The molecule has 6 N–H and O–H groups in total. The molecule has 0 heterocycles. The molecule has 0 saturated carbocycles. The summed E-state index contributed by atoms with van der Waals surface area (Å²) in [6, 6.07) is 24.3. The molecule has 0 radical (unpaired) electrons. The van der Waals surface area contributed by atoms with Crippen molar-refractivity contribution >= 4 is 0 Å². The number of aliphatic hydroxyl groups is 2. The number of hydrogen-bond acceptors (Lipinski definition) is 6. The van der Waals surface area contributed by atoms with E-state index in [4.69, 9.17) is 5.21 Å². The molecule has 0 saturated heterocycles. The predicted molar refractivity (Wildman–Crippen MR) is 138 cm³/mol. The fourth-order valence-electron chi connectivity index (χ4n) is 3.54. The number of nitrogens with one attached hydrogen (secondary N) is 3. The highest BCUT2D eigenvalue weighted by atomic mass is 16.5. The Morgan fingerprint density at radius 3 is 2.18 bits per heavy atom. The molecule has 0 aliphatic rings. The first-order chi connectivity index (χ1) is 16.4. The van der Waals surface area contributed by atoms with Crippen molar-refractivity contribution in [2.75, 3.05) is 13.6 Å². The molecule has 0 aromatic heterocycles. The molecule has 182 valence electrons. The van der Waals surface area contributed by atoms with Crippen LogP contribution in [0.15, 0.2) is 85.1 Å². The molecular weight excluding hydrogens is 426 g/mol. The highest BCUT2D eigenvalue weighted by Gasteiger charge is 2.07. The van der Waals surface area contributed by atoms with Gasteiger partial charge in [0.1, 0.15) is 0 Å². The van der Waals surface area contributed by atoms with Gasteiger partial charge in [-0.05, 0) is 66.7 Å². The second-order valence-corrected chi connectivity index (χ2v) is 8.24. The summed E-state index contributed by atoms with van der Waals surface area (Å²) in [6.07, 6.45) is 1.80. The molecule has 34 heavy (non-hydrogen) atoms. The van der Waals surface area contributed by atoms with Crippen LogP contribution in [0, 0.1) is 0 Å². The Kier molecular flexibility index (Phi) is 12.0. The molecular formula is C28H37N3O3. The topological polar surface area (TPSA) is 96.8 Å². The molecule has 6 nitrogen and oxygen atoms in total. The van der Waals surface area contributed by atoms with Crippen molar-refractivity contribution in [1.29, 1.82) is 0 Å². The SMILES string of the molecule is C=C(O)Cc1ccc(Cc2ccc(C(C)O)cc2)c(CNNO)c1.CNCCc1ccccc1. The van der Waals surface area contributed by atoms with Gasteiger partial charge in [0, 0.05) is 13.0 Å². The van der Waals surface area contributed by atoms with E-state index >= 15 is 0 Å². The van der Waals surface area contributed by atoms with Crippen molar-refractivity contribution in [1.82, 2.24) is 16.3 Å². The lowest BCUT2D eigenvalue weighted by Crippen LogP contribution is -2.27. The van der Waals surface area contributed by atoms with E-state index in [2.05, 4.69) is 41.6 Å². The molecule has 0 aliphatic heterocycles. The number of hydrogen-bond donors (Lipinski definition) is 6. The molecule has 3 rings (SSSR count). The van der Waals surface area contributed by atoms with E-state index in [9.17, 15) is 10.2 Å². The first kappa shape index (κ1) is 27.2. The van der Waals surface area contributed by atoms with E-state index in [1.54, 1.807) is 6.92 Å². The summed E-state index contributed by atoms with van der Waals surface area (Å²) in [6.45, 7) is 6.77. The molecule has 1 atom stereocenters. The Hall–Kier alpha value is -3.00. The van der Waals surface area contributed by atoms with Crippen molar-refractivity contribution in [2.45, 2.75) is 38.8 Å². The average molecular weight is 464 g/mol. The van der Waals surface area contributed by atoms with Crippen molar-refractivity contribution in [3.63, 3.8) is 0 Å². The van der Waals surface area contributed by atoms with E-state index in [1.165, 1.54) is 5.56 Å². The van der Waals surface area contributed by atoms with Crippen molar-refractivity contribution in [3.8, 4) is 0 Å². The summed E-state index contributed by atoms with van der Waals surface area (Å²) in [4.78, 5) is 0. The van der Waals surface area contributed by atoms with Crippen LogP contribution in [0.5, 0.6) is 0 Å². The zero-order valence-electron chi connectivity index (χ0n) is 20.1. The van der Waals surface area contributed by atoms with Gasteiger partial charge in [0.15, 0.2) is 0 Å². The first-order valence-electron chi connectivity index (χ1n) is 11.5. The van der Waals surface area contributed by atoms with Crippen LogP contribution in [0.2, 0.25) is 0 Å². The van der Waals surface area contributed by atoms with Crippen molar-refractivity contribution in [2.24, 2.45) is 0 Å². The summed E-state index contributed by atoms with van der Waals surface area (Å²) >= 11 is 0. The average Bonchev–Trinajstić information content (AvgIpc) is 2.84. The monoisotopic (exact) mass is 463 g/mol. The van der Waals surface area contributed by atoms with Crippen LogP contribution < -0.4 is 16.3 Å². The smallest absolute Gasteiger partial charge is 0.0894 e. The normalized spacial score (nSPS) is 11.4. The molecule has 0 spiro atoms. The Bertz CT molecular complexity index is 990. The number of rotatable bonds is 11. The highest BCUT2D eigenvalue weighted by molar-refractivity contribution is 5.37. The lowest BCUT2D eigenvalue weighted by atomic mass is 9.96. The lowest BCUT2D eigenvalue weighted by Gasteiger charge is -2.13. The number of likely N-dealkylation sites (N-methyl/N-ethyl adjacent to an activating group) is 1. The largest absolute Gasteiger partial charge is 0.513 e. The summed E-state index contributed by atoms with van der Waals surface area (Å²) in [5, 5.41) is 30.8. The maximum Gasteiger partial charge on any atom is 0.0894 e. The molecule has 0 bridgehead atoms. The molecule has 0 fully saturated rings. The number of allylic oxidation sites excluding steroid dienone is 1. The van der Waals surface area contributed by atoms with E-state index in [0.717, 1.165) is 47.2 Å². The third-order valence-electron chi connectivity index (χ3n) is 5.40. The summed E-state index contributed by atoms with van der Waals surface area (Å²) in [5.41, 5.74) is 11.2. The Labute approximate surface area is 202 Å². The van der Waals surface area contributed by atoms with Gasteiger partial charge in [-0.1, -0.05) is 79.4 Å². The van der Waals surface area contributed by atoms with E-state index < -0.39 is 6.10 Å². The highest BCUT2D eigenvalue weighted by Crippen LogP contribution is 2.20. The second kappa shape index (κ2) is 15.0. The van der Waals surface area contributed by atoms with Gasteiger partial charge in [-0.15, -0.1) is 5.59 Å². The van der Waals surface area contributed by atoms with E-state index in [1.807, 2.05) is 61.2 Å². The fourth-order valence-corrected chi connectivity index (χ4v) is 3.54. The van der Waals surface area contributed by atoms with Gasteiger partial charge in [-0.25, -0.2) is 5.43 Å². The summed E-state index contributed by atoms with van der Waals surface area (Å²) in [5.74, 6) is 0.121. The van der Waals surface area contributed by atoms with Gasteiger partial charge in [0.2, 0.25) is 0 Å².